The molecule has 1 amide bonds. The maximum atomic E-state index is 11.3. The van der Waals surface area contributed by atoms with Crippen molar-refractivity contribution in [1.29, 1.82) is 0 Å². The predicted octanol–water partition coefficient (Wildman–Crippen LogP) is 0.0548. The summed E-state index contributed by atoms with van der Waals surface area (Å²) in [6.07, 6.45) is 3.06. The third-order valence-electron chi connectivity index (χ3n) is 3.36. The van der Waals surface area contributed by atoms with Crippen molar-refractivity contribution >= 4 is 15.7 Å². The first kappa shape index (κ1) is 14.4. The van der Waals surface area contributed by atoms with Crippen molar-refractivity contribution < 1.29 is 13.2 Å². The van der Waals surface area contributed by atoms with E-state index < -0.39 is 9.84 Å². The molecule has 1 saturated heterocycles. The molecule has 0 aliphatic carbocycles. The first-order valence-electron chi connectivity index (χ1n) is 6.19. The average Bonchev–Trinajstić information content (AvgIpc) is 2.29. The third-order valence-corrected chi connectivity index (χ3v) is 5.15. The fourth-order valence-electron chi connectivity index (χ4n) is 2.26. The van der Waals surface area contributed by atoms with Gasteiger partial charge < -0.3 is 11.1 Å². The summed E-state index contributed by atoms with van der Waals surface area (Å²) in [5.74, 6) is -0.0362. The molecule has 0 aromatic rings. The predicted molar refractivity (Wildman–Crippen MR) is 67.3 cm³/mol. The Labute approximate surface area is 103 Å². The molecule has 1 rings (SSSR count). The number of amides is 1. The van der Waals surface area contributed by atoms with Gasteiger partial charge in [0.2, 0.25) is 5.91 Å². The monoisotopic (exact) mass is 262 g/mol. The van der Waals surface area contributed by atoms with Gasteiger partial charge in [0.15, 0.2) is 0 Å². The second kappa shape index (κ2) is 6.35. The van der Waals surface area contributed by atoms with Crippen molar-refractivity contribution in [2.45, 2.75) is 38.6 Å². The van der Waals surface area contributed by atoms with E-state index in [4.69, 9.17) is 5.73 Å². The van der Waals surface area contributed by atoms with Crippen LogP contribution in [0, 0.1) is 5.92 Å². The topological polar surface area (TPSA) is 89.3 Å². The molecule has 100 valence electrons. The van der Waals surface area contributed by atoms with E-state index in [-0.39, 0.29) is 29.4 Å². The second-order valence-electron chi connectivity index (χ2n) is 4.59. The van der Waals surface area contributed by atoms with Crippen LogP contribution >= 0.6 is 0 Å². The molecule has 2 unspecified atom stereocenters. The van der Waals surface area contributed by atoms with E-state index in [0.717, 1.165) is 19.4 Å². The summed E-state index contributed by atoms with van der Waals surface area (Å²) >= 11 is 0. The van der Waals surface area contributed by atoms with Crippen LogP contribution in [0.3, 0.4) is 0 Å². The number of primary amides is 1. The fraction of sp³-hybridized carbons (Fsp3) is 0.909. The van der Waals surface area contributed by atoms with Gasteiger partial charge in [0.25, 0.3) is 0 Å². The highest BCUT2D eigenvalue weighted by atomic mass is 32.2. The van der Waals surface area contributed by atoms with Gasteiger partial charge in [-0.05, 0) is 32.2 Å². The summed E-state index contributed by atoms with van der Waals surface area (Å²) in [6, 6.07) is 0.0494. The van der Waals surface area contributed by atoms with Crippen molar-refractivity contribution in [3.63, 3.8) is 0 Å². The van der Waals surface area contributed by atoms with Gasteiger partial charge in [0.1, 0.15) is 9.84 Å². The summed E-state index contributed by atoms with van der Waals surface area (Å²) < 4.78 is 22.7. The molecule has 17 heavy (non-hydrogen) atoms. The number of nitrogens with one attached hydrogen (secondary N) is 1. The second-order valence-corrected chi connectivity index (χ2v) is 7.06. The van der Waals surface area contributed by atoms with Crippen molar-refractivity contribution in [1.82, 2.24) is 5.32 Å². The van der Waals surface area contributed by atoms with E-state index in [1.807, 2.05) is 0 Å². The first-order valence-corrected chi connectivity index (χ1v) is 8.01. The van der Waals surface area contributed by atoms with Crippen LogP contribution in [-0.2, 0) is 14.6 Å². The Kier molecular flexibility index (Phi) is 5.39. The van der Waals surface area contributed by atoms with E-state index in [9.17, 15) is 13.2 Å². The van der Waals surface area contributed by atoms with Crippen LogP contribution in [0.2, 0.25) is 0 Å². The number of piperidine rings is 1. The summed E-state index contributed by atoms with van der Waals surface area (Å²) in [5, 5.41) is 3.26. The molecular weight excluding hydrogens is 240 g/mol. The number of carbonyl (C=O) groups is 1. The summed E-state index contributed by atoms with van der Waals surface area (Å²) in [4.78, 5) is 11.2. The van der Waals surface area contributed by atoms with Gasteiger partial charge in [-0.2, -0.15) is 0 Å². The highest BCUT2D eigenvalue weighted by Crippen LogP contribution is 2.19. The van der Waals surface area contributed by atoms with Gasteiger partial charge in [-0.15, -0.1) is 0 Å². The third kappa shape index (κ3) is 4.63. The molecule has 0 radical (unpaired) electrons. The lowest BCUT2D eigenvalue weighted by Crippen LogP contribution is -2.47. The molecule has 1 aliphatic heterocycles. The minimum atomic E-state index is -2.90. The van der Waals surface area contributed by atoms with Gasteiger partial charge in [0.05, 0.1) is 11.7 Å². The van der Waals surface area contributed by atoms with Crippen LogP contribution in [0.4, 0.5) is 0 Å². The SMILES string of the molecule is CCS(=O)(=O)CCCC1NCCCC1C(N)=O. The smallest absolute Gasteiger partial charge is 0.222 e. The number of hydrogen-bond acceptors (Lipinski definition) is 4. The lowest BCUT2D eigenvalue weighted by Gasteiger charge is -2.30. The minimum absolute atomic E-state index is 0.0494. The van der Waals surface area contributed by atoms with E-state index in [1.54, 1.807) is 6.92 Å². The van der Waals surface area contributed by atoms with E-state index in [2.05, 4.69) is 5.32 Å². The minimum Gasteiger partial charge on any atom is -0.369 e. The molecule has 0 bridgehead atoms. The molecule has 3 N–H and O–H groups in total. The molecule has 5 nitrogen and oxygen atoms in total. The van der Waals surface area contributed by atoms with Crippen molar-refractivity contribution in [3.8, 4) is 0 Å². The maximum Gasteiger partial charge on any atom is 0.222 e. The van der Waals surface area contributed by atoms with Gasteiger partial charge in [-0.1, -0.05) is 6.92 Å². The van der Waals surface area contributed by atoms with Gasteiger partial charge in [-0.3, -0.25) is 4.79 Å². The average molecular weight is 262 g/mol. The zero-order valence-corrected chi connectivity index (χ0v) is 11.1. The van der Waals surface area contributed by atoms with Crippen molar-refractivity contribution in [2.24, 2.45) is 11.7 Å². The van der Waals surface area contributed by atoms with Crippen LogP contribution in [0.15, 0.2) is 0 Å². The van der Waals surface area contributed by atoms with E-state index in [0.29, 0.717) is 12.8 Å². The number of carbonyl (C=O) groups excluding carboxylic acids is 1. The largest absolute Gasteiger partial charge is 0.369 e. The van der Waals surface area contributed by atoms with Gasteiger partial charge in [-0.25, -0.2) is 8.42 Å². The van der Waals surface area contributed by atoms with Crippen molar-refractivity contribution in [2.75, 3.05) is 18.1 Å². The first-order chi connectivity index (χ1) is 7.96. The van der Waals surface area contributed by atoms with Crippen LogP contribution in [-0.4, -0.2) is 38.4 Å². The molecular formula is C11H22N2O3S. The highest BCUT2D eigenvalue weighted by Gasteiger charge is 2.28. The molecule has 0 saturated carbocycles. The summed E-state index contributed by atoms with van der Waals surface area (Å²) in [6.45, 7) is 2.54. The molecule has 1 heterocycles. The Morgan fingerprint density at radius 3 is 2.76 bits per heavy atom. The molecule has 2 atom stereocenters. The number of nitrogens with two attached hydrogens (primary N) is 1. The standard InChI is InChI=1S/C11H22N2O3S/c1-2-17(15,16)8-4-6-10-9(11(12)14)5-3-7-13-10/h9-10,13H,2-8H2,1H3,(H2,12,14). The lowest BCUT2D eigenvalue weighted by atomic mass is 9.88. The molecule has 0 aromatic heterocycles. The fourth-order valence-corrected chi connectivity index (χ4v) is 3.16. The van der Waals surface area contributed by atoms with Crippen molar-refractivity contribution in [3.05, 3.63) is 0 Å². The summed E-state index contributed by atoms with van der Waals surface area (Å²) in [7, 11) is -2.90. The van der Waals surface area contributed by atoms with Gasteiger partial charge in [0, 0.05) is 11.8 Å². The Morgan fingerprint density at radius 2 is 2.18 bits per heavy atom. The molecule has 1 aliphatic rings. The Morgan fingerprint density at radius 1 is 1.47 bits per heavy atom. The Bertz CT molecular complexity index is 354. The number of rotatable bonds is 6. The lowest BCUT2D eigenvalue weighted by molar-refractivity contribution is -0.123. The normalized spacial score (nSPS) is 25.7. The zero-order valence-electron chi connectivity index (χ0n) is 10.3. The van der Waals surface area contributed by atoms with Crippen LogP contribution < -0.4 is 11.1 Å². The Balaban J connectivity index is 2.41. The summed E-state index contributed by atoms with van der Waals surface area (Å²) in [5.41, 5.74) is 5.34. The van der Waals surface area contributed by atoms with Crippen LogP contribution in [0.1, 0.15) is 32.6 Å². The molecule has 6 heteroatoms. The van der Waals surface area contributed by atoms with Crippen LogP contribution in [0.25, 0.3) is 0 Å². The number of hydrogen-bond donors (Lipinski definition) is 2. The van der Waals surface area contributed by atoms with Gasteiger partial charge >= 0.3 is 0 Å². The molecule has 1 fully saturated rings. The zero-order chi connectivity index (χ0) is 12.9. The quantitative estimate of drug-likeness (QED) is 0.708. The van der Waals surface area contributed by atoms with Crippen LogP contribution in [0.5, 0.6) is 0 Å². The molecule has 0 aromatic carbocycles. The van der Waals surface area contributed by atoms with E-state index >= 15 is 0 Å². The highest BCUT2D eigenvalue weighted by molar-refractivity contribution is 7.91. The Hall–Kier alpha value is -0.620. The maximum absolute atomic E-state index is 11.3. The number of sulfone groups is 1. The molecule has 0 spiro atoms. The van der Waals surface area contributed by atoms with E-state index in [1.165, 1.54) is 0 Å².